The first-order valence-corrected chi connectivity index (χ1v) is 12.1. The highest BCUT2D eigenvalue weighted by Crippen LogP contribution is 2.49. The highest BCUT2D eigenvalue weighted by atomic mass is 79.9. The van der Waals surface area contributed by atoms with Crippen molar-refractivity contribution in [3.05, 3.63) is 70.2 Å². The van der Waals surface area contributed by atoms with Crippen molar-refractivity contribution in [2.24, 2.45) is 28.8 Å². The number of nitrogens with zero attached hydrogens (tertiary/aromatic N) is 2. The summed E-state index contributed by atoms with van der Waals surface area (Å²) in [5, 5.41) is 5.37. The van der Waals surface area contributed by atoms with Gasteiger partial charge >= 0.3 is 0 Å². The highest BCUT2D eigenvalue weighted by Gasteiger charge is 2.56. The Labute approximate surface area is 201 Å². The molecule has 4 aliphatic rings. The number of amides is 2. The summed E-state index contributed by atoms with van der Waals surface area (Å²) in [6.07, 6.45) is 7.70. The first-order valence-electron chi connectivity index (χ1n) is 11.3. The maximum absolute atomic E-state index is 12.9. The number of hydrogen-bond acceptors (Lipinski definition) is 5. The van der Waals surface area contributed by atoms with Gasteiger partial charge in [-0.15, -0.1) is 0 Å². The molecule has 4 atom stereocenters. The lowest BCUT2D eigenvalue weighted by Gasteiger charge is -2.37. The fourth-order valence-corrected chi connectivity index (χ4v) is 5.30. The van der Waals surface area contributed by atoms with Crippen molar-refractivity contribution in [3.63, 3.8) is 0 Å². The number of halogens is 1. The summed E-state index contributed by atoms with van der Waals surface area (Å²) in [6.45, 7) is 2.80. The quantitative estimate of drug-likeness (QED) is 0.301. The van der Waals surface area contributed by atoms with Gasteiger partial charge in [-0.05, 0) is 73.1 Å². The number of hydrazone groups is 1. The van der Waals surface area contributed by atoms with Gasteiger partial charge in [-0.1, -0.05) is 40.2 Å². The molecule has 2 amide bonds. The van der Waals surface area contributed by atoms with E-state index in [-0.39, 0.29) is 35.5 Å². The van der Waals surface area contributed by atoms with Crippen LogP contribution >= 0.6 is 15.9 Å². The van der Waals surface area contributed by atoms with Gasteiger partial charge < -0.3 is 9.47 Å². The Morgan fingerprint density at radius 2 is 1.64 bits per heavy atom. The summed E-state index contributed by atoms with van der Waals surface area (Å²) in [5.74, 6) is 0.650. The van der Waals surface area contributed by atoms with E-state index in [0.29, 0.717) is 24.7 Å². The van der Waals surface area contributed by atoms with E-state index in [9.17, 15) is 9.59 Å². The van der Waals surface area contributed by atoms with Crippen LogP contribution in [-0.4, -0.2) is 29.6 Å². The van der Waals surface area contributed by atoms with Crippen LogP contribution in [0, 0.1) is 23.7 Å². The van der Waals surface area contributed by atoms with E-state index in [1.54, 1.807) is 6.21 Å². The van der Waals surface area contributed by atoms with E-state index in [1.165, 1.54) is 0 Å². The van der Waals surface area contributed by atoms with Crippen molar-refractivity contribution >= 4 is 34.0 Å². The molecular weight excluding hydrogens is 484 g/mol. The number of imide groups is 1. The van der Waals surface area contributed by atoms with Crippen LogP contribution in [-0.2, 0) is 16.2 Å². The maximum atomic E-state index is 12.9. The fraction of sp³-hybridized carbons (Fsp3) is 0.346. The monoisotopic (exact) mass is 508 g/mol. The van der Waals surface area contributed by atoms with Gasteiger partial charge in [0.2, 0.25) is 0 Å². The van der Waals surface area contributed by atoms with E-state index in [4.69, 9.17) is 9.47 Å². The molecule has 2 aromatic rings. The molecule has 3 aliphatic carbocycles. The van der Waals surface area contributed by atoms with Crippen LogP contribution < -0.4 is 9.47 Å². The molecular formula is C26H25BrN2O4. The Balaban J connectivity index is 1.31. The molecule has 0 unspecified atom stereocenters. The lowest BCUT2D eigenvalue weighted by molar-refractivity contribution is -0.140. The third kappa shape index (κ3) is 4.22. The molecule has 2 aromatic carbocycles. The zero-order chi connectivity index (χ0) is 22.9. The summed E-state index contributed by atoms with van der Waals surface area (Å²) in [5.41, 5.74) is 1.77. The maximum Gasteiger partial charge on any atom is 0.254 e. The molecule has 170 valence electrons. The van der Waals surface area contributed by atoms with E-state index in [2.05, 4.69) is 33.2 Å². The van der Waals surface area contributed by atoms with Crippen LogP contribution in [0.4, 0.5) is 0 Å². The summed E-state index contributed by atoms with van der Waals surface area (Å²) in [6, 6.07) is 13.4. The smallest absolute Gasteiger partial charge is 0.254 e. The van der Waals surface area contributed by atoms with Gasteiger partial charge in [0.25, 0.3) is 11.8 Å². The predicted octanol–water partition coefficient (Wildman–Crippen LogP) is 4.96. The average molecular weight is 509 g/mol. The number of fused-ring (bicyclic) bond motifs is 1. The third-order valence-corrected chi connectivity index (χ3v) is 7.16. The number of carbonyl (C=O) groups is 2. The fourth-order valence-electron chi connectivity index (χ4n) is 5.03. The topological polar surface area (TPSA) is 68.2 Å². The molecule has 7 heteroatoms. The van der Waals surface area contributed by atoms with Gasteiger partial charge in [0.1, 0.15) is 6.61 Å². The number of hydrogen-bond donors (Lipinski definition) is 0. The summed E-state index contributed by atoms with van der Waals surface area (Å²) >= 11 is 3.43. The van der Waals surface area contributed by atoms with Gasteiger partial charge in [0.05, 0.1) is 24.7 Å². The van der Waals surface area contributed by atoms with E-state index in [0.717, 1.165) is 33.5 Å². The molecule has 1 saturated heterocycles. The summed E-state index contributed by atoms with van der Waals surface area (Å²) < 4.78 is 12.7. The normalized spacial score (nSPS) is 25.7. The van der Waals surface area contributed by atoms with Crippen LogP contribution in [0.5, 0.6) is 11.5 Å². The molecule has 2 bridgehead atoms. The van der Waals surface area contributed by atoms with Gasteiger partial charge in [-0.2, -0.15) is 10.1 Å². The Morgan fingerprint density at radius 3 is 2.24 bits per heavy atom. The van der Waals surface area contributed by atoms with E-state index >= 15 is 0 Å². The van der Waals surface area contributed by atoms with Crippen LogP contribution in [0.15, 0.2) is 64.2 Å². The Bertz CT molecular complexity index is 1100. The minimum atomic E-state index is -0.258. The average Bonchev–Trinajstić information content (AvgIpc) is 3.11. The predicted molar refractivity (Wildman–Crippen MR) is 128 cm³/mol. The van der Waals surface area contributed by atoms with Crippen molar-refractivity contribution in [1.29, 1.82) is 0 Å². The molecule has 1 aliphatic heterocycles. The second-order valence-electron chi connectivity index (χ2n) is 8.63. The second kappa shape index (κ2) is 9.14. The minimum absolute atomic E-state index is 0.156. The van der Waals surface area contributed by atoms with Crippen LogP contribution in [0.25, 0.3) is 0 Å². The number of benzene rings is 2. The highest BCUT2D eigenvalue weighted by molar-refractivity contribution is 9.10. The van der Waals surface area contributed by atoms with Crippen LogP contribution in [0.1, 0.15) is 30.9 Å². The SMILES string of the molecule is CCOc1cc(/C=N\N2C(=O)[C@@H]3[C@@H](C2=O)[C@H]2C=C[C@H]3CC2)ccc1OCc1ccc(Br)cc1. The molecule has 0 radical (unpaired) electrons. The summed E-state index contributed by atoms with van der Waals surface area (Å²) in [4.78, 5) is 25.9. The van der Waals surface area contributed by atoms with Crippen molar-refractivity contribution in [2.45, 2.75) is 26.4 Å². The molecule has 6 rings (SSSR count). The van der Waals surface area contributed by atoms with Crippen LogP contribution in [0.3, 0.4) is 0 Å². The molecule has 0 spiro atoms. The van der Waals surface area contributed by atoms with Crippen molar-refractivity contribution in [2.75, 3.05) is 6.61 Å². The van der Waals surface area contributed by atoms with Crippen molar-refractivity contribution < 1.29 is 19.1 Å². The van der Waals surface area contributed by atoms with Crippen molar-refractivity contribution in [1.82, 2.24) is 5.01 Å². The molecule has 0 aromatic heterocycles. The number of carbonyl (C=O) groups excluding carboxylic acids is 2. The zero-order valence-corrected chi connectivity index (χ0v) is 19.9. The second-order valence-corrected chi connectivity index (χ2v) is 9.54. The number of allylic oxidation sites excluding steroid dienone is 2. The van der Waals surface area contributed by atoms with E-state index < -0.39 is 0 Å². The molecule has 1 heterocycles. The van der Waals surface area contributed by atoms with Gasteiger partial charge in [0.15, 0.2) is 11.5 Å². The Hall–Kier alpha value is -2.93. The van der Waals surface area contributed by atoms with Crippen LogP contribution in [0.2, 0.25) is 0 Å². The first kappa shape index (κ1) is 21.9. The van der Waals surface area contributed by atoms with Gasteiger partial charge in [-0.3, -0.25) is 9.59 Å². The molecule has 2 fully saturated rings. The Morgan fingerprint density at radius 1 is 0.970 bits per heavy atom. The Kier molecular flexibility index (Phi) is 6.06. The lowest BCUT2D eigenvalue weighted by Crippen LogP contribution is -2.38. The first-order chi connectivity index (χ1) is 16.0. The largest absolute Gasteiger partial charge is 0.490 e. The van der Waals surface area contributed by atoms with Crippen molar-refractivity contribution in [3.8, 4) is 11.5 Å². The third-order valence-electron chi connectivity index (χ3n) is 6.63. The zero-order valence-electron chi connectivity index (χ0n) is 18.3. The molecule has 1 saturated carbocycles. The standard InChI is InChI=1S/C26H25BrN2O4/c1-2-32-22-13-17(5-12-21(22)33-15-16-3-10-20(27)11-4-16)14-28-29-25(30)23-18-6-7-19(9-8-18)24(23)26(29)31/h3-7,10-14,18-19,23-24H,2,8-9,15H2,1H3/b28-14-/t18-,19-,23-,24-/m0/s1. The number of ether oxygens (including phenoxy) is 2. The van der Waals surface area contributed by atoms with Gasteiger partial charge in [-0.25, -0.2) is 0 Å². The molecule has 6 nitrogen and oxygen atoms in total. The lowest BCUT2D eigenvalue weighted by atomic mass is 9.63. The van der Waals surface area contributed by atoms with E-state index in [1.807, 2.05) is 49.4 Å². The van der Waals surface area contributed by atoms with Gasteiger partial charge in [0, 0.05) is 4.47 Å². The summed E-state index contributed by atoms with van der Waals surface area (Å²) in [7, 11) is 0. The molecule has 0 N–H and O–H groups in total. The molecule has 33 heavy (non-hydrogen) atoms. The minimum Gasteiger partial charge on any atom is -0.490 e. The number of rotatable bonds is 7.